The molecule has 0 unspecified atom stereocenters. The Morgan fingerprint density at radius 1 is 1.35 bits per heavy atom. The predicted molar refractivity (Wildman–Crippen MR) is 75.2 cm³/mol. The fraction of sp³-hybridized carbons (Fsp3) is 0.733. The number of amides is 1. The molecule has 0 aliphatic carbocycles. The van der Waals surface area contributed by atoms with E-state index >= 15 is 0 Å². The molecule has 20 heavy (non-hydrogen) atoms. The van der Waals surface area contributed by atoms with Crippen molar-refractivity contribution in [1.29, 1.82) is 0 Å². The average Bonchev–Trinajstić information content (AvgIpc) is 2.26. The van der Waals surface area contributed by atoms with Crippen LogP contribution in [0, 0.1) is 11.8 Å². The van der Waals surface area contributed by atoms with Crippen LogP contribution in [0.25, 0.3) is 0 Å². The van der Waals surface area contributed by atoms with E-state index < -0.39 is 23.3 Å². The van der Waals surface area contributed by atoms with E-state index in [1.807, 2.05) is 34.6 Å². The molecule has 0 radical (unpaired) electrons. The van der Waals surface area contributed by atoms with Crippen LogP contribution >= 0.6 is 0 Å². The first-order valence-corrected chi connectivity index (χ1v) is 6.65. The van der Waals surface area contributed by atoms with E-state index in [9.17, 15) is 9.59 Å². The molecule has 5 nitrogen and oxygen atoms in total. The van der Waals surface area contributed by atoms with Gasteiger partial charge in [0.25, 0.3) is 0 Å². The Kier molecular flexibility index (Phi) is 4.82. The van der Waals surface area contributed by atoms with Crippen molar-refractivity contribution in [2.24, 2.45) is 0 Å². The highest BCUT2D eigenvalue weighted by Gasteiger charge is 2.41. The Morgan fingerprint density at radius 3 is 2.45 bits per heavy atom. The molecule has 0 N–H and O–H groups in total. The third-order valence-corrected chi connectivity index (χ3v) is 2.87. The molecule has 1 heterocycles. The molecule has 5 heteroatoms. The van der Waals surface area contributed by atoms with Gasteiger partial charge in [0.15, 0.2) is 0 Å². The Hall–Kier alpha value is -1.54. The summed E-state index contributed by atoms with van der Waals surface area (Å²) in [7, 11) is 0. The zero-order valence-electron chi connectivity index (χ0n) is 13.1. The van der Waals surface area contributed by atoms with Crippen LogP contribution in [0.2, 0.25) is 0 Å². The summed E-state index contributed by atoms with van der Waals surface area (Å²) in [5, 5.41) is 0. The Balaban J connectivity index is 2.86. The summed E-state index contributed by atoms with van der Waals surface area (Å²) in [4.78, 5) is 25.6. The van der Waals surface area contributed by atoms with Crippen LogP contribution in [-0.2, 0) is 14.3 Å². The zero-order valence-corrected chi connectivity index (χ0v) is 13.1. The number of carbonyl (C=O) groups excluding carboxylic acids is 2. The van der Waals surface area contributed by atoms with Crippen molar-refractivity contribution in [1.82, 2.24) is 4.90 Å². The third kappa shape index (κ3) is 4.24. The second-order valence-electron chi connectivity index (χ2n) is 6.44. The first-order chi connectivity index (χ1) is 9.07. The van der Waals surface area contributed by atoms with Crippen molar-refractivity contribution in [3.63, 3.8) is 0 Å². The van der Waals surface area contributed by atoms with Gasteiger partial charge in [-0.3, -0.25) is 9.69 Å². The van der Waals surface area contributed by atoms with Crippen molar-refractivity contribution in [3.05, 3.63) is 0 Å². The van der Waals surface area contributed by atoms with Crippen LogP contribution in [0.1, 0.15) is 41.5 Å². The van der Waals surface area contributed by atoms with Crippen LogP contribution in [0.5, 0.6) is 0 Å². The minimum Gasteiger partial charge on any atom is -0.444 e. The van der Waals surface area contributed by atoms with Gasteiger partial charge in [-0.05, 0) is 47.5 Å². The number of morpholine rings is 1. The largest absolute Gasteiger partial charge is 0.444 e. The highest BCUT2D eigenvalue weighted by Crippen LogP contribution is 2.25. The summed E-state index contributed by atoms with van der Waals surface area (Å²) < 4.78 is 10.9. The molecule has 1 saturated heterocycles. The van der Waals surface area contributed by atoms with Gasteiger partial charge >= 0.3 is 6.09 Å². The van der Waals surface area contributed by atoms with Crippen molar-refractivity contribution in [2.75, 3.05) is 13.2 Å². The molecule has 0 spiro atoms. The minimum atomic E-state index is -0.706. The Labute approximate surface area is 120 Å². The highest BCUT2D eigenvalue weighted by molar-refractivity contribution is 5.99. The fourth-order valence-corrected chi connectivity index (χ4v) is 1.85. The molecular formula is C15H23NO4. The molecule has 0 bridgehead atoms. The number of carbonyl (C=O) groups is 2. The molecule has 1 amide bonds. The average molecular weight is 281 g/mol. The topological polar surface area (TPSA) is 55.8 Å². The van der Waals surface area contributed by atoms with Gasteiger partial charge in [-0.25, -0.2) is 4.79 Å². The number of hydrogen-bond donors (Lipinski definition) is 0. The van der Waals surface area contributed by atoms with E-state index in [0.29, 0.717) is 0 Å². The van der Waals surface area contributed by atoms with Gasteiger partial charge in [0, 0.05) is 0 Å². The standard InChI is InChI=1S/C15H23NO4/c1-7-8-11(17)12-9-16(15(5,6)10-19-12)13(18)20-14(2,3)4/h12H,9-10H2,1-6H3/t12-/m0/s1. The summed E-state index contributed by atoms with van der Waals surface area (Å²) in [6, 6.07) is 0. The van der Waals surface area contributed by atoms with Gasteiger partial charge in [-0.1, -0.05) is 5.92 Å². The molecule has 0 aromatic heterocycles. The lowest BCUT2D eigenvalue weighted by Gasteiger charge is -2.44. The van der Waals surface area contributed by atoms with Crippen LogP contribution in [0.4, 0.5) is 4.79 Å². The second-order valence-corrected chi connectivity index (χ2v) is 6.44. The van der Waals surface area contributed by atoms with Gasteiger partial charge < -0.3 is 9.47 Å². The molecule has 1 rings (SSSR count). The number of ether oxygens (including phenoxy) is 2. The minimum absolute atomic E-state index is 0.162. The van der Waals surface area contributed by atoms with Gasteiger partial charge in [-0.15, -0.1) is 0 Å². The number of Topliss-reactive ketones (excluding diaryl/α,β-unsaturated/α-hetero) is 1. The summed E-state index contributed by atoms with van der Waals surface area (Å²) in [6.45, 7) is 11.2. The van der Waals surface area contributed by atoms with E-state index in [4.69, 9.17) is 9.47 Å². The molecule has 1 aliphatic rings. The van der Waals surface area contributed by atoms with Crippen molar-refractivity contribution in [3.8, 4) is 11.8 Å². The number of ketones is 1. The number of rotatable bonds is 1. The lowest BCUT2D eigenvalue weighted by atomic mass is 10.0. The van der Waals surface area contributed by atoms with Crippen molar-refractivity contribution >= 4 is 11.9 Å². The van der Waals surface area contributed by atoms with E-state index in [-0.39, 0.29) is 18.9 Å². The first kappa shape index (κ1) is 16.5. The SMILES string of the molecule is CC#CC(=O)[C@@H]1CN(C(=O)OC(C)(C)C)C(C)(C)CO1. The fourth-order valence-electron chi connectivity index (χ4n) is 1.85. The molecular weight excluding hydrogens is 258 g/mol. The highest BCUT2D eigenvalue weighted by atomic mass is 16.6. The lowest BCUT2D eigenvalue weighted by Crippen LogP contribution is -2.60. The van der Waals surface area contributed by atoms with Gasteiger partial charge in [-0.2, -0.15) is 0 Å². The van der Waals surface area contributed by atoms with E-state index in [1.165, 1.54) is 0 Å². The number of hydrogen-bond acceptors (Lipinski definition) is 4. The van der Waals surface area contributed by atoms with Crippen molar-refractivity contribution < 1.29 is 19.1 Å². The van der Waals surface area contributed by atoms with Crippen LogP contribution in [0.3, 0.4) is 0 Å². The first-order valence-electron chi connectivity index (χ1n) is 6.65. The quantitative estimate of drug-likeness (QED) is 0.545. The van der Waals surface area contributed by atoms with Crippen LogP contribution < -0.4 is 0 Å². The van der Waals surface area contributed by atoms with Crippen molar-refractivity contribution in [2.45, 2.75) is 58.8 Å². The monoisotopic (exact) mass is 281 g/mol. The smallest absolute Gasteiger partial charge is 0.410 e. The molecule has 0 aromatic carbocycles. The maximum absolute atomic E-state index is 12.3. The van der Waals surface area contributed by atoms with E-state index in [1.54, 1.807) is 11.8 Å². The number of nitrogens with zero attached hydrogens (tertiary/aromatic N) is 1. The second kappa shape index (κ2) is 5.84. The maximum atomic E-state index is 12.3. The summed E-state index contributed by atoms with van der Waals surface area (Å²) in [6.07, 6.45) is -1.14. The molecule has 112 valence electrons. The lowest BCUT2D eigenvalue weighted by molar-refractivity contribution is -0.139. The normalized spacial score (nSPS) is 21.7. The van der Waals surface area contributed by atoms with Crippen LogP contribution in [-0.4, -0.2) is 47.2 Å². The third-order valence-electron chi connectivity index (χ3n) is 2.87. The molecule has 0 aromatic rings. The summed E-state index contributed by atoms with van der Waals surface area (Å²) in [5.41, 5.74) is -1.09. The predicted octanol–water partition coefficient (Wildman–Crippen LogP) is 1.99. The van der Waals surface area contributed by atoms with E-state index in [2.05, 4.69) is 11.8 Å². The molecule has 0 saturated carbocycles. The van der Waals surface area contributed by atoms with E-state index in [0.717, 1.165) is 0 Å². The van der Waals surface area contributed by atoms with Gasteiger partial charge in [0.05, 0.1) is 18.7 Å². The van der Waals surface area contributed by atoms with Gasteiger partial charge in [0.1, 0.15) is 11.7 Å². The Bertz CT molecular complexity index is 451. The Morgan fingerprint density at radius 2 is 1.95 bits per heavy atom. The maximum Gasteiger partial charge on any atom is 0.410 e. The molecule has 1 fully saturated rings. The van der Waals surface area contributed by atoms with Gasteiger partial charge in [0.2, 0.25) is 5.78 Å². The molecule has 1 aliphatic heterocycles. The molecule has 1 atom stereocenters. The van der Waals surface area contributed by atoms with Crippen LogP contribution in [0.15, 0.2) is 0 Å². The zero-order chi connectivity index (χ0) is 15.6. The summed E-state index contributed by atoms with van der Waals surface area (Å²) >= 11 is 0. The summed E-state index contributed by atoms with van der Waals surface area (Å²) in [5.74, 6) is 4.70.